The fourth-order valence-corrected chi connectivity index (χ4v) is 1.99. The van der Waals surface area contributed by atoms with Crippen LogP contribution in [0.2, 0.25) is 0 Å². The number of carbonyl (C=O) groups is 1. The topological polar surface area (TPSA) is 83.6 Å². The number of aromatic amines is 1. The predicted molar refractivity (Wildman–Crippen MR) is 74.0 cm³/mol. The fraction of sp³-hybridized carbons (Fsp3) is 0.143. The molecule has 6 nitrogen and oxygen atoms in total. The quantitative estimate of drug-likeness (QED) is 0.758. The number of aromatic nitrogens is 4. The second kappa shape index (κ2) is 5.08. The Labute approximate surface area is 115 Å². The van der Waals surface area contributed by atoms with Gasteiger partial charge in [0.25, 0.3) is 5.91 Å². The van der Waals surface area contributed by atoms with Gasteiger partial charge in [-0.15, -0.1) is 0 Å². The Morgan fingerprint density at radius 1 is 1.30 bits per heavy atom. The number of amides is 1. The van der Waals surface area contributed by atoms with Gasteiger partial charge in [-0.25, -0.2) is 4.98 Å². The lowest BCUT2D eigenvalue weighted by molar-refractivity contribution is 0.0938. The van der Waals surface area contributed by atoms with E-state index in [-0.39, 0.29) is 11.9 Å². The van der Waals surface area contributed by atoms with E-state index in [4.69, 9.17) is 0 Å². The molecule has 100 valence electrons. The van der Waals surface area contributed by atoms with Crippen LogP contribution in [0.3, 0.4) is 0 Å². The third-order valence-electron chi connectivity index (χ3n) is 3.06. The first-order valence-electron chi connectivity index (χ1n) is 6.25. The van der Waals surface area contributed by atoms with Crippen molar-refractivity contribution in [2.24, 2.45) is 0 Å². The van der Waals surface area contributed by atoms with Crippen molar-refractivity contribution < 1.29 is 4.79 Å². The summed E-state index contributed by atoms with van der Waals surface area (Å²) in [5.74, 6) is 0.473. The van der Waals surface area contributed by atoms with E-state index in [0.717, 1.165) is 10.9 Å². The number of benzene rings is 1. The van der Waals surface area contributed by atoms with Crippen molar-refractivity contribution in [3.63, 3.8) is 0 Å². The van der Waals surface area contributed by atoms with Crippen LogP contribution in [0.25, 0.3) is 10.9 Å². The molecule has 2 N–H and O–H groups in total. The van der Waals surface area contributed by atoms with Gasteiger partial charge in [0.15, 0.2) is 0 Å². The van der Waals surface area contributed by atoms with Crippen molar-refractivity contribution in [2.75, 3.05) is 0 Å². The highest BCUT2D eigenvalue weighted by Gasteiger charge is 2.13. The molecule has 1 aromatic carbocycles. The number of nitrogens with zero attached hydrogens (tertiary/aromatic N) is 3. The zero-order valence-corrected chi connectivity index (χ0v) is 10.9. The van der Waals surface area contributed by atoms with Crippen LogP contribution in [0.4, 0.5) is 0 Å². The second-order valence-electron chi connectivity index (χ2n) is 4.48. The Morgan fingerprint density at radius 3 is 3.00 bits per heavy atom. The highest BCUT2D eigenvalue weighted by Crippen LogP contribution is 2.14. The largest absolute Gasteiger partial charge is 0.342 e. The lowest BCUT2D eigenvalue weighted by atomic mass is 10.1. The number of pyridine rings is 1. The summed E-state index contributed by atoms with van der Waals surface area (Å²) in [5.41, 5.74) is 1.46. The van der Waals surface area contributed by atoms with E-state index in [1.807, 2.05) is 31.2 Å². The molecule has 0 aliphatic heterocycles. The van der Waals surface area contributed by atoms with Crippen molar-refractivity contribution in [1.29, 1.82) is 0 Å². The van der Waals surface area contributed by atoms with Crippen LogP contribution in [-0.4, -0.2) is 26.1 Å². The lowest BCUT2D eigenvalue weighted by Crippen LogP contribution is -2.27. The van der Waals surface area contributed by atoms with Crippen LogP contribution in [0.1, 0.15) is 29.1 Å². The Hall–Kier alpha value is -2.76. The normalized spacial score (nSPS) is 12.2. The maximum atomic E-state index is 12.2. The first-order valence-corrected chi connectivity index (χ1v) is 6.25. The van der Waals surface area contributed by atoms with Crippen molar-refractivity contribution in [2.45, 2.75) is 13.0 Å². The molecule has 0 spiro atoms. The Bertz CT molecular complexity index is 738. The van der Waals surface area contributed by atoms with Crippen molar-refractivity contribution in [3.8, 4) is 0 Å². The van der Waals surface area contributed by atoms with Crippen molar-refractivity contribution in [3.05, 3.63) is 54.2 Å². The molecule has 3 aromatic rings. The van der Waals surface area contributed by atoms with Gasteiger partial charge in [0.2, 0.25) is 0 Å². The average Bonchev–Trinajstić information content (AvgIpc) is 3.01. The first kappa shape index (κ1) is 12.3. The summed E-state index contributed by atoms with van der Waals surface area (Å²) in [6.07, 6.45) is 3.15. The maximum absolute atomic E-state index is 12.2. The number of hydrogen-bond donors (Lipinski definition) is 2. The molecule has 20 heavy (non-hydrogen) atoms. The number of H-pyrrole nitrogens is 1. The van der Waals surface area contributed by atoms with E-state index in [1.54, 1.807) is 12.3 Å². The predicted octanol–water partition coefficient (Wildman–Crippen LogP) is 1.84. The van der Waals surface area contributed by atoms with Gasteiger partial charge in [-0.3, -0.25) is 14.9 Å². The van der Waals surface area contributed by atoms with E-state index in [9.17, 15) is 4.79 Å². The number of nitrogens with one attached hydrogen (secondary N) is 2. The smallest absolute Gasteiger partial charge is 0.251 e. The molecule has 0 fully saturated rings. The molecule has 3 rings (SSSR count). The first-order chi connectivity index (χ1) is 9.74. The van der Waals surface area contributed by atoms with Crippen LogP contribution in [0, 0.1) is 0 Å². The molecule has 2 heterocycles. The maximum Gasteiger partial charge on any atom is 0.251 e. The highest BCUT2D eigenvalue weighted by molar-refractivity contribution is 5.98. The van der Waals surface area contributed by atoms with Crippen LogP contribution < -0.4 is 5.32 Å². The molecule has 0 saturated heterocycles. The second-order valence-corrected chi connectivity index (χ2v) is 4.48. The zero-order valence-electron chi connectivity index (χ0n) is 10.9. The summed E-state index contributed by atoms with van der Waals surface area (Å²) in [6, 6.07) is 8.97. The Morgan fingerprint density at radius 2 is 2.20 bits per heavy atom. The van der Waals surface area contributed by atoms with E-state index in [2.05, 4.69) is 25.5 Å². The Kier molecular flexibility index (Phi) is 3.12. The van der Waals surface area contributed by atoms with Gasteiger partial charge in [0.1, 0.15) is 12.2 Å². The molecule has 6 heteroatoms. The Balaban J connectivity index is 1.82. The highest BCUT2D eigenvalue weighted by atomic mass is 16.1. The van der Waals surface area contributed by atoms with Gasteiger partial charge in [-0.05, 0) is 31.2 Å². The molecule has 0 bridgehead atoms. The molecular weight excluding hydrogens is 254 g/mol. The number of rotatable bonds is 3. The number of carbonyl (C=O) groups excluding carboxylic acids is 1. The van der Waals surface area contributed by atoms with E-state index in [0.29, 0.717) is 11.4 Å². The monoisotopic (exact) mass is 267 g/mol. The summed E-state index contributed by atoms with van der Waals surface area (Å²) < 4.78 is 0. The van der Waals surface area contributed by atoms with Crippen LogP contribution in [0.5, 0.6) is 0 Å². The minimum absolute atomic E-state index is 0.153. The molecular formula is C14H13N5O. The third-order valence-corrected chi connectivity index (χ3v) is 3.06. The summed E-state index contributed by atoms with van der Waals surface area (Å²) in [7, 11) is 0. The molecule has 2 aromatic heterocycles. The van der Waals surface area contributed by atoms with Crippen molar-refractivity contribution in [1.82, 2.24) is 25.5 Å². The summed E-state index contributed by atoms with van der Waals surface area (Å²) in [6.45, 7) is 1.85. The van der Waals surface area contributed by atoms with E-state index in [1.165, 1.54) is 6.33 Å². The van der Waals surface area contributed by atoms with E-state index < -0.39 is 0 Å². The zero-order chi connectivity index (χ0) is 13.9. The minimum atomic E-state index is -0.227. The average molecular weight is 267 g/mol. The molecule has 0 aliphatic rings. The standard InChI is InChI=1S/C14H13N5O/c1-9(13-16-8-17-19-13)18-14(20)11-4-5-12-10(7-11)3-2-6-15-12/h2-9H,1H3,(H,18,20)(H,16,17,19). The fourth-order valence-electron chi connectivity index (χ4n) is 1.99. The summed E-state index contributed by atoms with van der Waals surface area (Å²) >= 11 is 0. The molecule has 0 radical (unpaired) electrons. The summed E-state index contributed by atoms with van der Waals surface area (Å²) in [5, 5.41) is 10.3. The van der Waals surface area contributed by atoms with Crippen LogP contribution in [-0.2, 0) is 0 Å². The van der Waals surface area contributed by atoms with Gasteiger partial charge in [0.05, 0.1) is 11.6 Å². The number of fused-ring (bicyclic) bond motifs is 1. The van der Waals surface area contributed by atoms with Crippen molar-refractivity contribution >= 4 is 16.8 Å². The SMILES string of the molecule is CC(NC(=O)c1ccc2ncccc2c1)c1ncn[nH]1. The third kappa shape index (κ3) is 2.35. The van der Waals surface area contributed by atoms with Gasteiger partial charge in [-0.1, -0.05) is 6.07 Å². The molecule has 1 unspecified atom stereocenters. The lowest BCUT2D eigenvalue weighted by Gasteiger charge is -2.11. The molecule has 1 amide bonds. The van der Waals surface area contributed by atoms with Crippen LogP contribution >= 0.6 is 0 Å². The van der Waals surface area contributed by atoms with Crippen LogP contribution in [0.15, 0.2) is 42.9 Å². The van der Waals surface area contributed by atoms with Gasteiger partial charge in [-0.2, -0.15) is 5.10 Å². The summed E-state index contributed by atoms with van der Waals surface area (Å²) in [4.78, 5) is 20.5. The molecule has 0 aliphatic carbocycles. The van der Waals surface area contributed by atoms with E-state index >= 15 is 0 Å². The van der Waals surface area contributed by atoms with Gasteiger partial charge >= 0.3 is 0 Å². The molecule has 1 atom stereocenters. The minimum Gasteiger partial charge on any atom is -0.342 e. The molecule has 0 saturated carbocycles. The number of hydrogen-bond acceptors (Lipinski definition) is 4. The van der Waals surface area contributed by atoms with Gasteiger partial charge < -0.3 is 5.32 Å². The van der Waals surface area contributed by atoms with Gasteiger partial charge in [0, 0.05) is 17.1 Å².